The van der Waals surface area contributed by atoms with Gasteiger partial charge in [0, 0.05) is 44.2 Å². The van der Waals surface area contributed by atoms with Crippen LogP contribution in [-0.4, -0.2) is 52.9 Å². The van der Waals surface area contributed by atoms with Crippen molar-refractivity contribution in [3.8, 4) is 0 Å². The van der Waals surface area contributed by atoms with E-state index in [2.05, 4.69) is 15.2 Å². The molecule has 1 aliphatic carbocycles. The van der Waals surface area contributed by atoms with Gasteiger partial charge in [-0.1, -0.05) is 12.8 Å². The van der Waals surface area contributed by atoms with Crippen LogP contribution >= 0.6 is 11.3 Å². The molecule has 1 N–H and O–H groups in total. The first-order chi connectivity index (χ1) is 12.6. The summed E-state index contributed by atoms with van der Waals surface area (Å²) in [4.78, 5) is 32.8. The van der Waals surface area contributed by atoms with Crippen molar-refractivity contribution in [1.82, 2.24) is 14.8 Å². The zero-order valence-corrected chi connectivity index (χ0v) is 15.8. The Kier molecular flexibility index (Phi) is 4.80. The van der Waals surface area contributed by atoms with Crippen LogP contribution in [0.2, 0.25) is 0 Å². The van der Waals surface area contributed by atoms with Gasteiger partial charge in [-0.05, 0) is 31.0 Å². The highest BCUT2D eigenvalue weighted by Gasteiger charge is 2.36. The molecule has 1 atom stereocenters. The van der Waals surface area contributed by atoms with Gasteiger partial charge in [-0.3, -0.25) is 4.79 Å². The van der Waals surface area contributed by atoms with Gasteiger partial charge in [-0.2, -0.15) is 0 Å². The van der Waals surface area contributed by atoms with Gasteiger partial charge in [0.05, 0.1) is 15.7 Å². The van der Waals surface area contributed by atoms with Crippen molar-refractivity contribution in [1.29, 1.82) is 0 Å². The van der Waals surface area contributed by atoms with E-state index >= 15 is 0 Å². The van der Waals surface area contributed by atoms with E-state index in [0.29, 0.717) is 19.0 Å². The Morgan fingerprint density at radius 3 is 3.00 bits per heavy atom. The molecule has 1 saturated heterocycles. The Morgan fingerprint density at radius 1 is 1.38 bits per heavy atom. The van der Waals surface area contributed by atoms with E-state index in [1.807, 2.05) is 18.2 Å². The Balaban J connectivity index is 1.33. The molecule has 2 aliphatic rings. The van der Waals surface area contributed by atoms with Crippen LogP contribution in [0.15, 0.2) is 23.7 Å². The summed E-state index contributed by atoms with van der Waals surface area (Å²) in [6.07, 6.45) is 5.28. The normalized spacial score (nSPS) is 20.9. The lowest BCUT2D eigenvalue weighted by molar-refractivity contribution is -0.129. The van der Waals surface area contributed by atoms with Crippen LogP contribution in [-0.2, 0) is 4.79 Å². The van der Waals surface area contributed by atoms with Crippen molar-refractivity contribution in [2.75, 3.05) is 25.5 Å². The minimum Gasteiger partial charge on any atom is -0.339 e. The lowest BCUT2D eigenvalue weighted by atomic mass is 10.1. The van der Waals surface area contributed by atoms with Gasteiger partial charge in [0.15, 0.2) is 0 Å². The van der Waals surface area contributed by atoms with Gasteiger partial charge in [-0.15, -0.1) is 11.3 Å². The number of carbonyl (C=O) groups excluding carboxylic acids is 2. The van der Waals surface area contributed by atoms with Gasteiger partial charge in [-0.25, -0.2) is 9.78 Å². The molecule has 0 bridgehead atoms. The zero-order chi connectivity index (χ0) is 18.1. The summed E-state index contributed by atoms with van der Waals surface area (Å²) in [5.41, 5.74) is 3.52. The van der Waals surface area contributed by atoms with Crippen molar-refractivity contribution >= 4 is 39.2 Å². The molecule has 7 heteroatoms. The predicted octanol–water partition coefficient (Wildman–Crippen LogP) is 3.55. The van der Waals surface area contributed by atoms with Crippen LogP contribution in [0, 0.1) is 5.92 Å². The summed E-state index contributed by atoms with van der Waals surface area (Å²) < 4.78 is 1.05. The number of rotatable bonds is 4. The third-order valence-corrected chi connectivity index (χ3v) is 6.26. The molecule has 1 aromatic heterocycles. The molecule has 138 valence electrons. The van der Waals surface area contributed by atoms with Crippen LogP contribution in [0.4, 0.5) is 10.5 Å². The average Bonchev–Trinajstić information content (AvgIpc) is 3.34. The second-order valence-corrected chi connectivity index (χ2v) is 8.29. The SMILES string of the molecule is CN(CC1CC(=O)N(C2CCCC2)C1)C(=O)Nc1ccc2ncsc2c1. The molecule has 1 saturated carbocycles. The Morgan fingerprint density at radius 2 is 2.19 bits per heavy atom. The smallest absolute Gasteiger partial charge is 0.321 e. The number of benzene rings is 1. The maximum absolute atomic E-state index is 12.5. The molecule has 6 nitrogen and oxygen atoms in total. The van der Waals surface area contributed by atoms with E-state index in [9.17, 15) is 9.59 Å². The van der Waals surface area contributed by atoms with Crippen LogP contribution in [0.3, 0.4) is 0 Å². The number of thiazole rings is 1. The minimum absolute atomic E-state index is 0.138. The van der Waals surface area contributed by atoms with Crippen molar-refractivity contribution in [3.63, 3.8) is 0 Å². The van der Waals surface area contributed by atoms with Crippen LogP contribution in [0.1, 0.15) is 32.1 Å². The molecule has 0 radical (unpaired) electrons. The van der Waals surface area contributed by atoms with Crippen LogP contribution in [0.5, 0.6) is 0 Å². The number of hydrogen-bond acceptors (Lipinski definition) is 4. The first-order valence-electron chi connectivity index (χ1n) is 9.25. The van der Waals surface area contributed by atoms with Crippen molar-refractivity contribution in [2.24, 2.45) is 5.92 Å². The summed E-state index contributed by atoms with van der Waals surface area (Å²) in [6, 6.07) is 6.02. The first-order valence-corrected chi connectivity index (χ1v) is 10.1. The summed E-state index contributed by atoms with van der Waals surface area (Å²) in [7, 11) is 1.79. The number of anilines is 1. The summed E-state index contributed by atoms with van der Waals surface area (Å²) in [6.45, 7) is 1.39. The number of urea groups is 1. The molecule has 1 aliphatic heterocycles. The van der Waals surface area contributed by atoms with Gasteiger partial charge in [0.25, 0.3) is 0 Å². The van der Waals surface area contributed by atoms with Crippen molar-refractivity contribution in [3.05, 3.63) is 23.7 Å². The zero-order valence-electron chi connectivity index (χ0n) is 15.0. The molecule has 3 amide bonds. The van der Waals surface area contributed by atoms with Gasteiger partial charge >= 0.3 is 6.03 Å². The lowest BCUT2D eigenvalue weighted by Gasteiger charge is -2.25. The molecule has 2 heterocycles. The lowest BCUT2D eigenvalue weighted by Crippen LogP contribution is -2.37. The Bertz CT molecular complexity index is 815. The number of nitrogens with one attached hydrogen (secondary N) is 1. The number of nitrogens with zero attached hydrogens (tertiary/aromatic N) is 3. The molecule has 2 fully saturated rings. The molecule has 26 heavy (non-hydrogen) atoms. The summed E-state index contributed by atoms with van der Waals surface area (Å²) >= 11 is 1.56. The van der Waals surface area contributed by atoms with Crippen LogP contribution in [0.25, 0.3) is 10.2 Å². The van der Waals surface area contributed by atoms with Gasteiger partial charge in [0.1, 0.15) is 0 Å². The molecule has 1 aromatic carbocycles. The molecule has 0 spiro atoms. The number of amides is 3. The molecular weight excluding hydrogens is 348 g/mol. The Labute approximate surface area is 157 Å². The van der Waals surface area contributed by atoms with E-state index in [1.165, 1.54) is 12.8 Å². The van der Waals surface area contributed by atoms with Gasteiger partial charge < -0.3 is 15.1 Å². The highest BCUT2D eigenvalue weighted by atomic mass is 32.1. The second kappa shape index (κ2) is 7.23. The van der Waals surface area contributed by atoms with E-state index in [1.54, 1.807) is 28.8 Å². The highest BCUT2D eigenvalue weighted by molar-refractivity contribution is 7.16. The van der Waals surface area contributed by atoms with Crippen molar-refractivity contribution in [2.45, 2.75) is 38.1 Å². The summed E-state index contributed by atoms with van der Waals surface area (Å²) in [5.74, 6) is 0.481. The predicted molar refractivity (Wildman–Crippen MR) is 103 cm³/mol. The van der Waals surface area contributed by atoms with E-state index < -0.39 is 0 Å². The molecular formula is C19H24N4O2S. The first kappa shape index (κ1) is 17.3. The maximum Gasteiger partial charge on any atom is 0.321 e. The molecule has 1 unspecified atom stereocenters. The number of hydrogen-bond donors (Lipinski definition) is 1. The number of likely N-dealkylation sites (tertiary alicyclic amines) is 1. The molecule has 2 aromatic rings. The topological polar surface area (TPSA) is 65.5 Å². The highest BCUT2D eigenvalue weighted by Crippen LogP contribution is 2.29. The van der Waals surface area contributed by atoms with E-state index in [0.717, 1.165) is 35.3 Å². The number of aromatic nitrogens is 1. The fraction of sp³-hybridized carbons (Fsp3) is 0.526. The number of fused-ring (bicyclic) bond motifs is 1. The third kappa shape index (κ3) is 3.53. The largest absolute Gasteiger partial charge is 0.339 e. The monoisotopic (exact) mass is 372 g/mol. The van der Waals surface area contributed by atoms with E-state index in [4.69, 9.17) is 0 Å². The van der Waals surface area contributed by atoms with Crippen LogP contribution < -0.4 is 5.32 Å². The third-order valence-electron chi connectivity index (χ3n) is 5.47. The maximum atomic E-state index is 12.5. The van der Waals surface area contributed by atoms with Gasteiger partial charge in [0.2, 0.25) is 5.91 Å². The summed E-state index contributed by atoms with van der Waals surface area (Å²) in [5, 5.41) is 2.94. The fourth-order valence-corrected chi connectivity index (χ4v) is 4.84. The van der Waals surface area contributed by atoms with Crippen molar-refractivity contribution < 1.29 is 9.59 Å². The number of carbonyl (C=O) groups is 2. The Hall–Kier alpha value is -2.15. The minimum atomic E-state index is -0.138. The molecule has 4 rings (SSSR count). The standard InChI is InChI=1S/C19H24N4O2S/c1-22(10-13-8-18(24)23(11-13)15-4-2-3-5-15)19(25)21-14-6-7-16-17(9-14)26-12-20-16/h6-7,9,12-13,15H,2-5,8,10-11H2,1H3,(H,21,25). The second-order valence-electron chi connectivity index (χ2n) is 7.40. The fourth-order valence-electron chi connectivity index (χ4n) is 4.12. The quantitative estimate of drug-likeness (QED) is 0.892. The average molecular weight is 372 g/mol. The van der Waals surface area contributed by atoms with E-state index in [-0.39, 0.29) is 17.9 Å².